The largest absolute Gasteiger partial charge is 0.295 e. The summed E-state index contributed by atoms with van der Waals surface area (Å²) in [6.07, 6.45) is 0. The van der Waals surface area contributed by atoms with Gasteiger partial charge in [0.05, 0.1) is 4.90 Å². The Bertz CT molecular complexity index is 907. The minimum atomic E-state index is -4.80. The van der Waals surface area contributed by atoms with Gasteiger partial charge in [-0.1, -0.05) is 17.7 Å². The van der Waals surface area contributed by atoms with E-state index >= 15 is 0 Å². The lowest BCUT2D eigenvalue weighted by Crippen LogP contribution is -2.15. The van der Waals surface area contributed by atoms with Gasteiger partial charge in [-0.05, 0) is 30.3 Å². The molecular weight excluding hydrogens is 357 g/mol. The lowest BCUT2D eigenvalue weighted by atomic mass is 10.1. The Kier molecular flexibility index (Phi) is 4.28. The van der Waals surface area contributed by atoms with Crippen molar-refractivity contribution in [1.29, 1.82) is 0 Å². The summed E-state index contributed by atoms with van der Waals surface area (Å²) in [5.74, 6) is -0.773. The van der Waals surface area contributed by atoms with Gasteiger partial charge in [-0.3, -0.25) is 4.55 Å². The second kappa shape index (κ2) is 5.60. The average molecular weight is 366 g/mol. The van der Waals surface area contributed by atoms with Crippen molar-refractivity contribution in [3.05, 3.63) is 47.2 Å². The Morgan fingerprint density at radius 3 is 2.18 bits per heavy atom. The Morgan fingerprint density at radius 1 is 1.05 bits per heavy atom. The second-order valence-electron chi connectivity index (χ2n) is 4.27. The molecular formula is C12H9ClFNO5S2. The summed E-state index contributed by atoms with van der Waals surface area (Å²) in [6, 6.07) is 6.06. The summed E-state index contributed by atoms with van der Waals surface area (Å²) >= 11 is 5.90. The standard InChI is InChI=1S/C12H9ClFNO5S2/c13-9-5-4-7(14)6-8(9)12-10(21(15,16)17)2-1-3-11(12)22(18,19)20/h1-6H,(H2,15,16,17)(H,18,19,20). The SMILES string of the molecule is NS(=O)(=O)c1cccc(S(=O)(=O)O)c1-c1cc(F)ccc1Cl. The predicted molar refractivity (Wildman–Crippen MR) is 78.0 cm³/mol. The molecule has 2 aromatic carbocycles. The van der Waals surface area contributed by atoms with E-state index in [4.69, 9.17) is 16.7 Å². The zero-order valence-electron chi connectivity index (χ0n) is 10.7. The van der Waals surface area contributed by atoms with Crippen LogP contribution >= 0.6 is 11.6 Å². The zero-order chi connectivity index (χ0) is 16.7. The predicted octanol–water partition coefficient (Wildman–Crippen LogP) is 2.04. The van der Waals surface area contributed by atoms with Crippen LogP contribution in [-0.2, 0) is 20.1 Å². The fourth-order valence-corrected chi connectivity index (χ4v) is 3.70. The number of halogens is 2. The smallest absolute Gasteiger partial charge is 0.282 e. The molecule has 0 amide bonds. The Morgan fingerprint density at radius 2 is 1.64 bits per heavy atom. The molecule has 2 aromatic rings. The van der Waals surface area contributed by atoms with E-state index in [0.717, 1.165) is 36.4 Å². The van der Waals surface area contributed by atoms with Crippen LogP contribution in [0, 0.1) is 5.82 Å². The van der Waals surface area contributed by atoms with Crippen molar-refractivity contribution in [2.45, 2.75) is 9.79 Å². The Hall–Kier alpha value is -1.52. The van der Waals surface area contributed by atoms with Gasteiger partial charge in [-0.25, -0.2) is 17.9 Å². The summed E-state index contributed by atoms with van der Waals surface area (Å²) in [7, 11) is -9.15. The summed E-state index contributed by atoms with van der Waals surface area (Å²) in [5.41, 5.74) is -0.712. The van der Waals surface area contributed by atoms with Crippen LogP contribution in [0.4, 0.5) is 4.39 Å². The quantitative estimate of drug-likeness (QED) is 0.808. The third-order valence-corrected chi connectivity index (χ3v) is 4.95. The van der Waals surface area contributed by atoms with Crippen molar-refractivity contribution in [3.8, 4) is 11.1 Å². The molecule has 0 saturated heterocycles. The molecule has 0 aliphatic rings. The maximum absolute atomic E-state index is 13.4. The number of primary sulfonamides is 1. The highest BCUT2D eigenvalue weighted by molar-refractivity contribution is 7.89. The lowest BCUT2D eigenvalue weighted by Gasteiger charge is -2.13. The topological polar surface area (TPSA) is 115 Å². The molecule has 0 heterocycles. The van der Waals surface area contributed by atoms with E-state index in [1.165, 1.54) is 0 Å². The van der Waals surface area contributed by atoms with Crippen molar-refractivity contribution in [1.82, 2.24) is 0 Å². The van der Waals surface area contributed by atoms with Crippen molar-refractivity contribution in [2.24, 2.45) is 5.14 Å². The van der Waals surface area contributed by atoms with E-state index in [-0.39, 0.29) is 10.6 Å². The van der Waals surface area contributed by atoms with Crippen molar-refractivity contribution < 1.29 is 25.8 Å². The second-order valence-corrected chi connectivity index (χ2v) is 7.60. The molecule has 0 saturated carbocycles. The maximum Gasteiger partial charge on any atom is 0.295 e. The number of sulfonamides is 1. The van der Waals surface area contributed by atoms with Gasteiger partial charge in [0.2, 0.25) is 10.0 Å². The van der Waals surface area contributed by atoms with Crippen molar-refractivity contribution in [3.63, 3.8) is 0 Å². The first-order chi connectivity index (χ1) is 10.0. The third-order valence-electron chi connectivity index (χ3n) is 2.77. The molecule has 6 nitrogen and oxygen atoms in total. The van der Waals surface area contributed by atoms with Crippen LogP contribution in [-0.4, -0.2) is 21.4 Å². The monoisotopic (exact) mass is 365 g/mol. The van der Waals surface area contributed by atoms with E-state index in [1.807, 2.05) is 0 Å². The Labute approximate surface area is 131 Å². The van der Waals surface area contributed by atoms with E-state index in [0.29, 0.717) is 0 Å². The molecule has 0 spiro atoms. The molecule has 22 heavy (non-hydrogen) atoms. The molecule has 0 unspecified atom stereocenters. The fourth-order valence-electron chi connectivity index (χ4n) is 1.92. The molecule has 3 N–H and O–H groups in total. The van der Waals surface area contributed by atoms with Gasteiger partial charge in [-0.2, -0.15) is 8.42 Å². The van der Waals surface area contributed by atoms with Gasteiger partial charge in [0.1, 0.15) is 10.7 Å². The first kappa shape index (κ1) is 16.8. The van der Waals surface area contributed by atoms with Gasteiger partial charge in [0, 0.05) is 16.1 Å². The van der Waals surface area contributed by atoms with Crippen LogP contribution in [0.25, 0.3) is 11.1 Å². The van der Waals surface area contributed by atoms with Gasteiger partial charge in [0.25, 0.3) is 10.1 Å². The number of rotatable bonds is 3. The van der Waals surface area contributed by atoms with Crippen LogP contribution in [0.3, 0.4) is 0 Å². The average Bonchev–Trinajstić information content (AvgIpc) is 2.38. The van der Waals surface area contributed by atoms with Crippen molar-refractivity contribution >= 4 is 31.7 Å². The van der Waals surface area contributed by atoms with E-state index in [1.54, 1.807) is 0 Å². The van der Waals surface area contributed by atoms with E-state index < -0.39 is 41.3 Å². The molecule has 0 fully saturated rings. The summed E-state index contributed by atoms with van der Waals surface area (Å²) in [5, 5.41) is 4.95. The van der Waals surface area contributed by atoms with E-state index in [9.17, 15) is 25.8 Å². The number of nitrogens with two attached hydrogens (primary N) is 1. The molecule has 0 aliphatic carbocycles. The number of hydrogen-bond acceptors (Lipinski definition) is 4. The molecule has 0 radical (unpaired) electrons. The summed E-state index contributed by atoms with van der Waals surface area (Å²) in [6.45, 7) is 0. The molecule has 0 aromatic heterocycles. The highest BCUT2D eigenvalue weighted by atomic mass is 35.5. The molecule has 2 rings (SSSR count). The minimum absolute atomic E-state index is 0.109. The van der Waals surface area contributed by atoms with Crippen LogP contribution in [0.5, 0.6) is 0 Å². The van der Waals surface area contributed by atoms with Gasteiger partial charge < -0.3 is 0 Å². The van der Waals surface area contributed by atoms with Gasteiger partial charge in [0.15, 0.2) is 0 Å². The molecule has 118 valence electrons. The number of hydrogen-bond donors (Lipinski definition) is 2. The normalized spacial score (nSPS) is 12.4. The van der Waals surface area contributed by atoms with Crippen LogP contribution in [0.15, 0.2) is 46.2 Å². The van der Waals surface area contributed by atoms with Crippen LogP contribution < -0.4 is 5.14 Å². The minimum Gasteiger partial charge on any atom is -0.282 e. The highest BCUT2D eigenvalue weighted by Crippen LogP contribution is 2.37. The zero-order valence-corrected chi connectivity index (χ0v) is 13.1. The van der Waals surface area contributed by atoms with Crippen LogP contribution in [0.1, 0.15) is 0 Å². The van der Waals surface area contributed by atoms with Gasteiger partial charge >= 0.3 is 0 Å². The molecule has 0 bridgehead atoms. The summed E-state index contributed by atoms with van der Waals surface area (Å²) in [4.78, 5) is -1.35. The molecule has 0 atom stereocenters. The van der Waals surface area contributed by atoms with Crippen molar-refractivity contribution in [2.75, 3.05) is 0 Å². The first-order valence-electron chi connectivity index (χ1n) is 5.60. The number of benzene rings is 2. The van der Waals surface area contributed by atoms with E-state index in [2.05, 4.69) is 0 Å². The summed E-state index contributed by atoms with van der Waals surface area (Å²) < 4.78 is 69.0. The third kappa shape index (κ3) is 3.28. The maximum atomic E-state index is 13.4. The lowest BCUT2D eigenvalue weighted by molar-refractivity contribution is 0.483. The van der Waals surface area contributed by atoms with Crippen LogP contribution in [0.2, 0.25) is 5.02 Å². The molecule has 0 aliphatic heterocycles. The highest BCUT2D eigenvalue weighted by Gasteiger charge is 2.26. The fraction of sp³-hybridized carbons (Fsp3) is 0. The first-order valence-corrected chi connectivity index (χ1v) is 8.97. The molecule has 10 heteroatoms. The van der Waals surface area contributed by atoms with Gasteiger partial charge in [-0.15, -0.1) is 0 Å². The Balaban J connectivity index is 3.03.